The molecular weight excluding hydrogens is 398 g/mol. The Morgan fingerprint density at radius 2 is 1.77 bits per heavy atom. The molecule has 2 aliphatic carbocycles. The van der Waals surface area contributed by atoms with Gasteiger partial charge in [0.15, 0.2) is 0 Å². The third kappa shape index (κ3) is 6.20. The van der Waals surface area contributed by atoms with Crippen LogP contribution in [0.15, 0.2) is 24.5 Å². The molecule has 0 aromatic carbocycles. The van der Waals surface area contributed by atoms with Crippen molar-refractivity contribution in [1.29, 1.82) is 0 Å². The Hall–Kier alpha value is -2.12. The van der Waals surface area contributed by atoms with Crippen LogP contribution in [0.3, 0.4) is 0 Å². The zero-order chi connectivity index (χ0) is 21.6. The molecule has 0 unspecified atom stereocenters. The predicted octanol–water partition coefficient (Wildman–Crippen LogP) is 4.58. The van der Waals surface area contributed by atoms with Crippen molar-refractivity contribution >= 4 is 5.69 Å². The average Bonchev–Trinajstić information content (AvgIpc) is 3.61. The van der Waals surface area contributed by atoms with Gasteiger partial charge in [0.05, 0.1) is 18.5 Å². The molecule has 2 aromatic rings. The SMILES string of the molecule is COCCNC1CCC(Cc2cc(-c3cnc(F)c(NCC4CC4)c3)c(F)cn2)CC1. The Balaban J connectivity index is 1.39. The molecule has 0 spiro atoms. The summed E-state index contributed by atoms with van der Waals surface area (Å²) in [5, 5.41) is 6.66. The van der Waals surface area contributed by atoms with Crippen molar-refractivity contribution in [2.75, 3.05) is 32.1 Å². The second-order valence-electron chi connectivity index (χ2n) is 8.91. The lowest BCUT2D eigenvalue weighted by Gasteiger charge is -2.29. The van der Waals surface area contributed by atoms with Crippen LogP contribution < -0.4 is 10.6 Å². The quantitative estimate of drug-likeness (QED) is 0.427. The van der Waals surface area contributed by atoms with Crippen LogP contribution in [0.1, 0.15) is 44.2 Å². The second-order valence-corrected chi connectivity index (χ2v) is 8.91. The lowest BCUT2D eigenvalue weighted by Crippen LogP contribution is -2.35. The summed E-state index contributed by atoms with van der Waals surface area (Å²) in [5.41, 5.74) is 2.22. The molecule has 2 N–H and O–H groups in total. The van der Waals surface area contributed by atoms with Crippen LogP contribution in [0.25, 0.3) is 11.1 Å². The molecule has 2 saturated carbocycles. The van der Waals surface area contributed by atoms with Crippen LogP contribution in [-0.4, -0.2) is 42.8 Å². The summed E-state index contributed by atoms with van der Waals surface area (Å²) in [6, 6.07) is 4.01. The first-order valence-electron chi connectivity index (χ1n) is 11.4. The number of hydrogen-bond acceptors (Lipinski definition) is 5. The summed E-state index contributed by atoms with van der Waals surface area (Å²) < 4.78 is 33.7. The summed E-state index contributed by atoms with van der Waals surface area (Å²) in [4.78, 5) is 8.18. The van der Waals surface area contributed by atoms with Crippen LogP contribution >= 0.6 is 0 Å². The normalized spacial score (nSPS) is 21.3. The second kappa shape index (κ2) is 10.5. The van der Waals surface area contributed by atoms with Crippen LogP contribution in [-0.2, 0) is 11.2 Å². The van der Waals surface area contributed by atoms with Gasteiger partial charge in [-0.05, 0) is 68.9 Å². The van der Waals surface area contributed by atoms with E-state index in [-0.39, 0.29) is 0 Å². The first-order chi connectivity index (χ1) is 15.1. The van der Waals surface area contributed by atoms with Crippen molar-refractivity contribution in [2.45, 2.75) is 51.0 Å². The van der Waals surface area contributed by atoms with E-state index in [2.05, 4.69) is 20.6 Å². The van der Waals surface area contributed by atoms with Crippen LogP contribution in [0, 0.1) is 23.6 Å². The van der Waals surface area contributed by atoms with Crippen molar-refractivity contribution in [1.82, 2.24) is 15.3 Å². The van der Waals surface area contributed by atoms with E-state index in [4.69, 9.17) is 4.74 Å². The number of ether oxygens (including phenoxy) is 1. The fourth-order valence-corrected chi connectivity index (χ4v) is 4.34. The van der Waals surface area contributed by atoms with Crippen LogP contribution in [0.5, 0.6) is 0 Å². The number of pyridine rings is 2. The highest BCUT2D eigenvalue weighted by Crippen LogP contribution is 2.32. The van der Waals surface area contributed by atoms with Gasteiger partial charge in [-0.25, -0.2) is 9.37 Å². The number of nitrogens with zero attached hydrogens (tertiary/aromatic N) is 2. The molecule has 7 heteroatoms. The summed E-state index contributed by atoms with van der Waals surface area (Å²) in [5.74, 6) is 0.206. The highest BCUT2D eigenvalue weighted by Gasteiger charge is 2.23. The van der Waals surface area contributed by atoms with Crippen molar-refractivity contribution in [2.24, 2.45) is 11.8 Å². The molecule has 2 aliphatic rings. The van der Waals surface area contributed by atoms with E-state index in [1.807, 2.05) is 0 Å². The van der Waals surface area contributed by atoms with E-state index >= 15 is 0 Å². The van der Waals surface area contributed by atoms with Gasteiger partial charge in [-0.15, -0.1) is 0 Å². The lowest BCUT2D eigenvalue weighted by molar-refractivity contribution is 0.188. The number of rotatable bonds is 10. The van der Waals surface area contributed by atoms with Gasteiger partial charge in [-0.3, -0.25) is 4.98 Å². The van der Waals surface area contributed by atoms with Gasteiger partial charge in [-0.2, -0.15) is 4.39 Å². The fourth-order valence-electron chi connectivity index (χ4n) is 4.34. The minimum Gasteiger partial charge on any atom is -0.383 e. The smallest absolute Gasteiger partial charge is 0.236 e. The maximum Gasteiger partial charge on any atom is 0.236 e. The standard InChI is InChI=1S/C24H32F2N4O/c1-31-9-8-27-19-6-4-16(5-7-19)10-20-12-21(22(25)15-28-20)18-11-23(24(26)30-14-18)29-13-17-2-3-17/h11-12,14-17,19,27,29H,2-10,13H2,1H3. The minimum atomic E-state index is -0.546. The van der Waals surface area contributed by atoms with E-state index in [1.54, 1.807) is 19.2 Å². The van der Waals surface area contributed by atoms with Crippen molar-refractivity contribution in [3.05, 3.63) is 42.0 Å². The largest absolute Gasteiger partial charge is 0.383 e. The highest BCUT2D eigenvalue weighted by molar-refractivity contribution is 5.67. The summed E-state index contributed by atoms with van der Waals surface area (Å²) >= 11 is 0. The maximum absolute atomic E-state index is 14.6. The first-order valence-corrected chi connectivity index (χ1v) is 11.4. The highest BCUT2D eigenvalue weighted by atomic mass is 19.1. The molecule has 31 heavy (non-hydrogen) atoms. The van der Waals surface area contributed by atoms with E-state index in [9.17, 15) is 8.78 Å². The summed E-state index contributed by atoms with van der Waals surface area (Å²) in [7, 11) is 1.72. The average molecular weight is 431 g/mol. The van der Waals surface area contributed by atoms with Gasteiger partial charge < -0.3 is 15.4 Å². The molecule has 2 fully saturated rings. The Bertz CT molecular complexity index is 867. The molecule has 0 aliphatic heterocycles. The van der Waals surface area contributed by atoms with Crippen molar-refractivity contribution in [3.63, 3.8) is 0 Å². The number of halogens is 2. The number of aromatic nitrogens is 2. The van der Waals surface area contributed by atoms with Gasteiger partial charge in [0.1, 0.15) is 5.82 Å². The summed E-state index contributed by atoms with van der Waals surface area (Å²) in [6.45, 7) is 2.35. The zero-order valence-corrected chi connectivity index (χ0v) is 18.2. The molecule has 0 saturated heterocycles. The maximum atomic E-state index is 14.6. The van der Waals surface area contributed by atoms with Crippen molar-refractivity contribution < 1.29 is 13.5 Å². The summed E-state index contributed by atoms with van der Waals surface area (Å²) in [6.07, 6.45) is 10.4. The fraction of sp³-hybridized carbons (Fsp3) is 0.583. The topological polar surface area (TPSA) is 59.1 Å². The molecule has 0 amide bonds. The Labute approximate surface area is 183 Å². The predicted molar refractivity (Wildman–Crippen MR) is 118 cm³/mol. The van der Waals surface area contributed by atoms with E-state index in [0.29, 0.717) is 34.7 Å². The molecule has 0 atom stereocenters. The number of nitrogens with one attached hydrogen (secondary N) is 2. The molecule has 4 rings (SSSR count). The van der Waals surface area contributed by atoms with Crippen LogP contribution in [0.4, 0.5) is 14.5 Å². The number of methoxy groups -OCH3 is 1. The number of anilines is 1. The van der Waals surface area contributed by atoms with E-state index in [1.165, 1.54) is 25.2 Å². The van der Waals surface area contributed by atoms with Gasteiger partial charge >= 0.3 is 0 Å². The zero-order valence-electron chi connectivity index (χ0n) is 18.2. The third-order valence-corrected chi connectivity index (χ3v) is 6.42. The van der Waals surface area contributed by atoms with Gasteiger partial charge in [0.25, 0.3) is 0 Å². The molecule has 2 aromatic heterocycles. The number of hydrogen-bond donors (Lipinski definition) is 2. The molecule has 0 radical (unpaired) electrons. The monoisotopic (exact) mass is 430 g/mol. The van der Waals surface area contributed by atoms with Gasteiger partial charge in [0.2, 0.25) is 5.95 Å². The lowest BCUT2D eigenvalue weighted by atomic mass is 9.83. The Kier molecular flexibility index (Phi) is 7.45. The Morgan fingerprint density at radius 1 is 1.00 bits per heavy atom. The Morgan fingerprint density at radius 3 is 2.52 bits per heavy atom. The van der Waals surface area contributed by atoms with E-state index in [0.717, 1.165) is 57.5 Å². The van der Waals surface area contributed by atoms with Crippen molar-refractivity contribution in [3.8, 4) is 11.1 Å². The molecule has 168 valence electrons. The van der Waals surface area contributed by atoms with Crippen LogP contribution in [0.2, 0.25) is 0 Å². The van der Waals surface area contributed by atoms with Gasteiger partial charge in [0, 0.05) is 49.3 Å². The molecule has 2 heterocycles. The van der Waals surface area contributed by atoms with E-state index < -0.39 is 11.8 Å². The first kappa shape index (κ1) is 22.1. The molecule has 5 nitrogen and oxygen atoms in total. The minimum absolute atomic E-state index is 0.335. The van der Waals surface area contributed by atoms with Gasteiger partial charge in [-0.1, -0.05) is 0 Å². The molecule has 0 bridgehead atoms. The third-order valence-electron chi connectivity index (χ3n) is 6.42. The molecular formula is C24H32F2N4O.